The van der Waals surface area contributed by atoms with E-state index in [2.05, 4.69) is 15.3 Å². The van der Waals surface area contributed by atoms with Crippen LogP contribution in [0.2, 0.25) is 5.02 Å². The monoisotopic (exact) mass is 395 g/mol. The summed E-state index contributed by atoms with van der Waals surface area (Å²) < 4.78 is 5.61. The van der Waals surface area contributed by atoms with Gasteiger partial charge in [-0.3, -0.25) is 10.1 Å². The molecule has 1 heterocycles. The van der Waals surface area contributed by atoms with Crippen LogP contribution in [-0.2, 0) is 6.61 Å². The number of ether oxygens (including phenoxy) is 1. The molecule has 0 radical (unpaired) electrons. The predicted molar refractivity (Wildman–Crippen MR) is 104 cm³/mol. The highest BCUT2D eigenvalue weighted by Gasteiger charge is 2.16. The highest BCUT2D eigenvalue weighted by Crippen LogP contribution is 2.29. The summed E-state index contributed by atoms with van der Waals surface area (Å²) in [4.78, 5) is 19.0. The Hall–Kier alpha value is -3.70. The van der Waals surface area contributed by atoms with Crippen LogP contribution in [0.3, 0.4) is 0 Å². The minimum atomic E-state index is -0.466. The van der Waals surface area contributed by atoms with E-state index in [1.807, 2.05) is 6.07 Å². The minimum absolute atomic E-state index is 0.0593. The van der Waals surface area contributed by atoms with Gasteiger partial charge in [0.1, 0.15) is 12.3 Å². The first-order valence-corrected chi connectivity index (χ1v) is 8.50. The Bertz CT molecular complexity index is 1060. The molecule has 2 aromatic carbocycles. The van der Waals surface area contributed by atoms with Gasteiger partial charge < -0.3 is 10.1 Å². The summed E-state index contributed by atoms with van der Waals surface area (Å²) in [7, 11) is 0. The Kier molecular flexibility index (Phi) is 5.67. The van der Waals surface area contributed by atoms with Crippen molar-refractivity contribution in [3.05, 3.63) is 80.6 Å². The highest BCUT2D eigenvalue weighted by molar-refractivity contribution is 6.31. The van der Waals surface area contributed by atoms with Crippen molar-refractivity contribution < 1.29 is 9.66 Å². The summed E-state index contributed by atoms with van der Waals surface area (Å²) in [6.07, 6.45) is 2.89. The number of benzene rings is 2. The third-order valence-corrected chi connectivity index (χ3v) is 4.25. The Morgan fingerprint density at radius 1 is 1.29 bits per heavy atom. The second kappa shape index (κ2) is 8.33. The number of anilines is 2. The third-order valence-electron chi connectivity index (χ3n) is 3.88. The van der Waals surface area contributed by atoms with Crippen LogP contribution in [0, 0.1) is 28.4 Å². The molecule has 0 atom stereocenters. The second-order valence-corrected chi connectivity index (χ2v) is 6.21. The summed E-state index contributed by atoms with van der Waals surface area (Å²) in [5.41, 5.74) is 2.12. The molecule has 0 aliphatic heterocycles. The molecule has 0 fully saturated rings. The zero-order valence-corrected chi connectivity index (χ0v) is 15.5. The van der Waals surface area contributed by atoms with E-state index < -0.39 is 4.92 Å². The molecule has 0 bridgehead atoms. The van der Waals surface area contributed by atoms with Crippen LogP contribution in [0.5, 0.6) is 5.75 Å². The van der Waals surface area contributed by atoms with Crippen LogP contribution in [0.4, 0.5) is 17.3 Å². The Labute approximate surface area is 165 Å². The predicted octanol–water partition coefficient (Wildman–Crippen LogP) is 4.54. The number of para-hydroxylation sites is 1. The lowest BCUT2D eigenvalue weighted by atomic mass is 10.1. The van der Waals surface area contributed by atoms with Crippen LogP contribution in [-0.4, -0.2) is 14.9 Å². The lowest BCUT2D eigenvalue weighted by molar-refractivity contribution is -0.384. The first-order chi connectivity index (χ1) is 13.5. The lowest BCUT2D eigenvalue weighted by Crippen LogP contribution is -2.03. The van der Waals surface area contributed by atoms with Crippen LogP contribution in [0.15, 0.2) is 48.8 Å². The zero-order valence-electron chi connectivity index (χ0n) is 14.7. The molecule has 28 heavy (non-hydrogen) atoms. The molecule has 0 aliphatic carbocycles. The van der Waals surface area contributed by atoms with Crippen molar-refractivity contribution in [1.29, 1.82) is 5.26 Å². The van der Waals surface area contributed by atoms with E-state index in [4.69, 9.17) is 21.6 Å². The van der Waals surface area contributed by atoms with Gasteiger partial charge in [-0.25, -0.2) is 9.97 Å². The Morgan fingerprint density at radius 2 is 2.04 bits per heavy atom. The highest BCUT2D eigenvalue weighted by atomic mass is 35.5. The van der Waals surface area contributed by atoms with Crippen LogP contribution >= 0.6 is 11.6 Å². The number of nitriles is 1. The van der Waals surface area contributed by atoms with Crippen molar-refractivity contribution in [2.45, 2.75) is 13.5 Å². The molecule has 0 saturated heterocycles. The molecule has 0 unspecified atom stereocenters. The first-order valence-electron chi connectivity index (χ1n) is 8.12. The van der Waals surface area contributed by atoms with Gasteiger partial charge in [0.15, 0.2) is 5.75 Å². The molecule has 3 rings (SSSR count). The average Bonchev–Trinajstić information content (AvgIpc) is 2.69. The number of nitrogens with one attached hydrogen (secondary N) is 1. The van der Waals surface area contributed by atoms with E-state index in [1.54, 1.807) is 37.3 Å². The van der Waals surface area contributed by atoms with Gasteiger partial charge >= 0.3 is 0 Å². The maximum atomic E-state index is 11.2. The molecular formula is C19H14ClN5O3. The van der Waals surface area contributed by atoms with Crippen molar-refractivity contribution in [2.75, 3.05) is 5.32 Å². The van der Waals surface area contributed by atoms with E-state index >= 15 is 0 Å². The van der Waals surface area contributed by atoms with Crippen LogP contribution < -0.4 is 10.1 Å². The van der Waals surface area contributed by atoms with Gasteiger partial charge in [-0.05, 0) is 30.7 Å². The lowest BCUT2D eigenvalue weighted by Gasteiger charge is -2.10. The van der Waals surface area contributed by atoms with Gasteiger partial charge in [0.2, 0.25) is 5.95 Å². The number of rotatable bonds is 6. The quantitative estimate of drug-likeness (QED) is 0.481. The maximum absolute atomic E-state index is 11.2. The maximum Gasteiger partial charge on any atom is 0.293 e. The minimum Gasteiger partial charge on any atom is -0.486 e. The molecule has 3 aromatic rings. The number of aryl methyl sites for hydroxylation is 1. The second-order valence-electron chi connectivity index (χ2n) is 5.80. The van der Waals surface area contributed by atoms with Crippen molar-refractivity contribution in [2.24, 2.45) is 0 Å². The number of halogens is 1. The number of nitro benzene ring substituents is 1. The van der Waals surface area contributed by atoms with Gasteiger partial charge in [0.25, 0.3) is 5.69 Å². The molecule has 0 spiro atoms. The molecule has 0 saturated carbocycles. The molecule has 0 amide bonds. The summed E-state index contributed by atoms with van der Waals surface area (Å²) >= 11 is 6.10. The normalized spacial score (nSPS) is 10.2. The fourth-order valence-electron chi connectivity index (χ4n) is 2.45. The SMILES string of the molecule is Cc1cccc([N+](=O)[O-])c1Nc1ncc(OCc2cc(C#N)ccc2Cl)cn1. The van der Waals surface area contributed by atoms with Gasteiger partial charge in [-0.1, -0.05) is 23.7 Å². The summed E-state index contributed by atoms with van der Waals surface area (Å²) in [5, 5.41) is 23.5. The zero-order chi connectivity index (χ0) is 20.1. The number of aromatic nitrogens is 2. The van der Waals surface area contributed by atoms with Gasteiger partial charge in [-0.2, -0.15) is 5.26 Å². The molecule has 9 heteroatoms. The molecule has 1 N–H and O–H groups in total. The van der Waals surface area contributed by atoms with Crippen molar-refractivity contribution in [3.63, 3.8) is 0 Å². The molecule has 140 valence electrons. The van der Waals surface area contributed by atoms with Crippen molar-refractivity contribution >= 4 is 28.9 Å². The number of nitro groups is 1. The number of hydrogen-bond donors (Lipinski definition) is 1. The van der Waals surface area contributed by atoms with E-state index in [1.165, 1.54) is 18.5 Å². The summed E-state index contributed by atoms with van der Waals surface area (Å²) in [5.74, 6) is 0.595. The van der Waals surface area contributed by atoms with Gasteiger partial charge in [0.05, 0.1) is 28.9 Å². The van der Waals surface area contributed by atoms with E-state index in [-0.39, 0.29) is 18.2 Å². The number of hydrogen-bond acceptors (Lipinski definition) is 7. The Balaban J connectivity index is 1.72. The molecule has 8 nitrogen and oxygen atoms in total. The third kappa shape index (κ3) is 4.34. The molecular weight excluding hydrogens is 382 g/mol. The van der Waals surface area contributed by atoms with E-state index in [0.717, 1.165) is 0 Å². The standard InChI is InChI=1S/C19H14ClN5O3/c1-12-3-2-4-17(25(26)27)18(12)24-19-22-9-15(10-23-19)28-11-14-7-13(8-21)5-6-16(14)20/h2-7,9-10H,11H2,1H3,(H,22,23,24). The summed E-state index contributed by atoms with van der Waals surface area (Å²) in [6.45, 7) is 1.90. The van der Waals surface area contributed by atoms with Gasteiger partial charge in [0, 0.05) is 16.7 Å². The van der Waals surface area contributed by atoms with Crippen LogP contribution in [0.1, 0.15) is 16.7 Å². The topological polar surface area (TPSA) is 114 Å². The first kappa shape index (κ1) is 19.1. The Morgan fingerprint density at radius 3 is 2.71 bits per heavy atom. The van der Waals surface area contributed by atoms with Gasteiger partial charge in [-0.15, -0.1) is 0 Å². The molecule has 0 aliphatic rings. The van der Waals surface area contributed by atoms with Crippen LogP contribution in [0.25, 0.3) is 0 Å². The smallest absolute Gasteiger partial charge is 0.293 e. The number of nitrogens with zero attached hydrogens (tertiary/aromatic N) is 4. The average molecular weight is 396 g/mol. The van der Waals surface area contributed by atoms with Crippen molar-refractivity contribution in [1.82, 2.24) is 9.97 Å². The fourth-order valence-corrected chi connectivity index (χ4v) is 2.62. The fraction of sp³-hybridized carbons (Fsp3) is 0.105. The van der Waals surface area contributed by atoms with E-state index in [9.17, 15) is 10.1 Å². The van der Waals surface area contributed by atoms with E-state index in [0.29, 0.717) is 33.1 Å². The molecule has 1 aromatic heterocycles. The van der Waals surface area contributed by atoms with Crippen molar-refractivity contribution in [3.8, 4) is 11.8 Å². The summed E-state index contributed by atoms with van der Waals surface area (Å²) in [6, 6.07) is 11.7. The largest absolute Gasteiger partial charge is 0.486 e.